The second-order valence-electron chi connectivity index (χ2n) is 7.56. The quantitative estimate of drug-likeness (QED) is 0.335. The maximum absolute atomic E-state index is 12.6. The number of hydrogen-bond acceptors (Lipinski definition) is 4. The first kappa shape index (κ1) is 22.2. The first-order chi connectivity index (χ1) is 15.5. The average Bonchev–Trinajstić information content (AvgIpc) is 3.17. The molecular formula is C23H22BCl2N5O. The number of amides is 1. The van der Waals surface area contributed by atoms with Crippen molar-refractivity contribution in [3.05, 3.63) is 76.4 Å². The fraction of sp³-hybridized carbons (Fsp3) is 0.174. The molecule has 0 bridgehead atoms. The third kappa shape index (κ3) is 4.59. The van der Waals surface area contributed by atoms with Crippen LogP contribution in [-0.4, -0.2) is 53.4 Å². The molecule has 6 nitrogen and oxygen atoms in total. The van der Waals surface area contributed by atoms with Crippen molar-refractivity contribution in [2.75, 3.05) is 25.5 Å². The number of hydrogen-bond donors (Lipinski definition) is 1. The molecule has 0 spiro atoms. The van der Waals surface area contributed by atoms with E-state index in [0.29, 0.717) is 28.7 Å². The van der Waals surface area contributed by atoms with Gasteiger partial charge in [-0.15, -0.1) is 0 Å². The van der Waals surface area contributed by atoms with Crippen molar-refractivity contribution in [3.63, 3.8) is 0 Å². The second kappa shape index (κ2) is 9.63. The van der Waals surface area contributed by atoms with Crippen LogP contribution in [0.2, 0.25) is 10.0 Å². The maximum Gasteiger partial charge on any atom is 0.255 e. The largest absolute Gasteiger partial charge is 0.370 e. The van der Waals surface area contributed by atoms with Crippen LogP contribution in [0.25, 0.3) is 16.9 Å². The Morgan fingerprint density at radius 3 is 2.59 bits per heavy atom. The molecule has 9 heteroatoms. The third-order valence-electron chi connectivity index (χ3n) is 5.23. The van der Waals surface area contributed by atoms with E-state index in [2.05, 4.69) is 10.4 Å². The fourth-order valence-corrected chi connectivity index (χ4v) is 3.93. The Hall–Kier alpha value is -3.03. The van der Waals surface area contributed by atoms with Crippen LogP contribution in [0.4, 0.5) is 5.82 Å². The molecule has 1 amide bonds. The zero-order chi connectivity index (χ0) is 22.7. The van der Waals surface area contributed by atoms with Gasteiger partial charge in [0.05, 0.1) is 16.3 Å². The molecule has 4 rings (SSSR count). The first-order valence-electron chi connectivity index (χ1n) is 10.3. The lowest BCUT2D eigenvalue weighted by Gasteiger charge is -2.18. The Bertz CT molecular complexity index is 1280. The fourth-order valence-electron chi connectivity index (χ4n) is 3.48. The number of nitrogens with zero attached hydrogens (tertiary/aromatic N) is 4. The Balaban J connectivity index is 1.47. The van der Waals surface area contributed by atoms with Crippen LogP contribution < -0.4 is 10.8 Å². The molecule has 1 N–H and O–H groups in total. The number of benzene rings is 2. The second-order valence-corrected chi connectivity index (χ2v) is 8.37. The molecule has 0 saturated carbocycles. The van der Waals surface area contributed by atoms with E-state index < -0.39 is 0 Å². The maximum atomic E-state index is 12.6. The van der Waals surface area contributed by atoms with Crippen LogP contribution in [0, 0.1) is 0 Å². The van der Waals surface area contributed by atoms with Gasteiger partial charge in [-0.3, -0.25) is 4.79 Å². The first-order valence-corrected chi connectivity index (χ1v) is 11.1. The molecule has 0 aliphatic carbocycles. The molecule has 0 atom stereocenters. The molecule has 4 aromatic rings. The summed E-state index contributed by atoms with van der Waals surface area (Å²) in [7, 11) is 3.76. The Labute approximate surface area is 197 Å². The van der Waals surface area contributed by atoms with Crippen molar-refractivity contribution >= 4 is 53.9 Å². The topological polar surface area (TPSA) is 62.5 Å². The molecule has 0 aliphatic rings. The number of rotatable bonds is 7. The summed E-state index contributed by atoms with van der Waals surface area (Å²) in [4.78, 5) is 19.1. The van der Waals surface area contributed by atoms with Gasteiger partial charge in [-0.25, -0.2) is 4.98 Å². The lowest BCUT2D eigenvalue weighted by atomic mass is 10.0. The van der Waals surface area contributed by atoms with Gasteiger partial charge in [0.25, 0.3) is 5.91 Å². The van der Waals surface area contributed by atoms with Gasteiger partial charge in [0.15, 0.2) is 5.65 Å². The number of carbonyl (C=O) groups is 1. The molecule has 0 saturated heterocycles. The van der Waals surface area contributed by atoms with E-state index in [1.807, 2.05) is 50.3 Å². The van der Waals surface area contributed by atoms with Gasteiger partial charge in [-0.2, -0.15) is 9.61 Å². The van der Waals surface area contributed by atoms with Crippen LogP contribution in [-0.2, 0) is 0 Å². The van der Waals surface area contributed by atoms with E-state index in [1.165, 1.54) is 0 Å². The van der Waals surface area contributed by atoms with Crippen molar-refractivity contribution in [2.45, 2.75) is 6.42 Å². The Kier molecular flexibility index (Phi) is 6.67. The monoisotopic (exact) mass is 465 g/mol. The number of carbonyl (C=O) groups excluding carboxylic acids is 1. The number of anilines is 1. The van der Waals surface area contributed by atoms with E-state index in [1.54, 1.807) is 34.8 Å². The predicted molar refractivity (Wildman–Crippen MR) is 133 cm³/mol. The van der Waals surface area contributed by atoms with Crippen LogP contribution in [0.5, 0.6) is 0 Å². The summed E-state index contributed by atoms with van der Waals surface area (Å²) in [6.45, 7) is 1.24. The summed E-state index contributed by atoms with van der Waals surface area (Å²) < 4.78 is 1.79. The van der Waals surface area contributed by atoms with Gasteiger partial charge >= 0.3 is 0 Å². The van der Waals surface area contributed by atoms with Crippen LogP contribution in [0.15, 0.2) is 60.8 Å². The van der Waals surface area contributed by atoms with Gasteiger partial charge in [0.1, 0.15) is 13.7 Å². The van der Waals surface area contributed by atoms with E-state index in [0.717, 1.165) is 34.6 Å². The van der Waals surface area contributed by atoms with Crippen molar-refractivity contribution < 1.29 is 4.79 Å². The van der Waals surface area contributed by atoms with Crippen molar-refractivity contribution in [1.29, 1.82) is 0 Å². The van der Waals surface area contributed by atoms with Gasteiger partial charge in [-0.05, 0) is 30.1 Å². The predicted octanol–water partition coefficient (Wildman–Crippen LogP) is 3.54. The van der Waals surface area contributed by atoms with Gasteiger partial charge in [-0.1, -0.05) is 53.5 Å². The summed E-state index contributed by atoms with van der Waals surface area (Å²) in [6.07, 6.45) is 2.54. The SMILES string of the molecule is Bc1cnn2c(NCCCN(C)C(=O)c3ccccc3Cl)cc(-c3ccccc3Cl)nc12. The average molecular weight is 466 g/mol. The standard InChI is InChI=1S/C23H22BCl2N5O/c1-30(23(32)16-8-3-5-10-19(16)26)12-6-11-27-21-13-20(15-7-2-4-9-18(15)25)29-22-17(24)14-28-31(21)22/h2-5,7-10,13-14,27H,6,11-12,24H2,1H3. The minimum atomic E-state index is -0.0920. The minimum absolute atomic E-state index is 0.0920. The van der Waals surface area contributed by atoms with E-state index in [4.69, 9.17) is 28.2 Å². The number of halogens is 2. The lowest BCUT2D eigenvalue weighted by molar-refractivity contribution is 0.0795. The minimum Gasteiger partial charge on any atom is -0.370 e. The van der Waals surface area contributed by atoms with Crippen LogP contribution in [0.1, 0.15) is 16.8 Å². The van der Waals surface area contributed by atoms with E-state index >= 15 is 0 Å². The summed E-state index contributed by atoms with van der Waals surface area (Å²) in [5.41, 5.74) is 3.91. The van der Waals surface area contributed by atoms with Crippen molar-refractivity contribution in [1.82, 2.24) is 19.5 Å². The molecule has 32 heavy (non-hydrogen) atoms. The molecule has 2 aromatic carbocycles. The molecule has 162 valence electrons. The normalized spacial score (nSPS) is 11.0. The highest BCUT2D eigenvalue weighted by atomic mass is 35.5. The number of fused-ring (bicyclic) bond motifs is 1. The summed E-state index contributed by atoms with van der Waals surface area (Å²) >= 11 is 12.6. The summed E-state index contributed by atoms with van der Waals surface area (Å²) in [5.74, 6) is 0.726. The molecule has 2 aromatic heterocycles. The van der Waals surface area contributed by atoms with Crippen molar-refractivity contribution in [3.8, 4) is 11.3 Å². The molecule has 2 heterocycles. The summed E-state index contributed by atoms with van der Waals surface area (Å²) in [5, 5.41) is 8.98. The van der Waals surface area contributed by atoms with E-state index in [9.17, 15) is 4.79 Å². The van der Waals surface area contributed by atoms with Crippen LogP contribution >= 0.6 is 23.2 Å². The van der Waals surface area contributed by atoms with Gasteiger partial charge in [0, 0.05) is 43.0 Å². The third-order valence-corrected chi connectivity index (χ3v) is 5.88. The molecule has 0 fully saturated rings. The Morgan fingerprint density at radius 1 is 1.12 bits per heavy atom. The zero-order valence-electron chi connectivity index (χ0n) is 17.8. The molecule has 0 unspecified atom stereocenters. The molecule has 0 aliphatic heterocycles. The van der Waals surface area contributed by atoms with Crippen LogP contribution in [0.3, 0.4) is 0 Å². The summed E-state index contributed by atoms with van der Waals surface area (Å²) in [6, 6.07) is 16.7. The Morgan fingerprint density at radius 2 is 1.84 bits per heavy atom. The highest BCUT2D eigenvalue weighted by Crippen LogP contribution is 2.28. The highest BCUT2D eigenvalue weighted by molar-refractivity contribution is 6.36. The molecule has 0 radical (unpaired) electrons. The number of aromatic nitrogens is 3. The number of nitrogens with one attached hydrogen (secondary N) is 1. The molecular weight excluding hydrogens is 444 g/mol. The zero-order valence-corrected chi connectivity index (χ0v) is 19.4. The van der Waals surface area contributed by atoms with Crippen molar-refractivity contribution in [2.24, 2.45) is 0 Å². The lowest BCUT2D eigenvalue weighted by Crippen LogP contribution is -2.29. The van der Waals surface area contributed by atoms with Gasteiger partial charge in [0.2, 0.25) is 0 Å². The highest BCUT2D eigenvalue weighted by Gasteiger charge is 2.15. The van der Waals surface area contributed by atoms with E-state index in [-0.39, 0.29) is 5.91 Å². The smallest absolute Gasteiger partial charge is 0.255 e. The van der Waals surface area contributed by atoms with Gasteiger partial charge < -0.3 is 10.2 Å².